The lowest BCUT2D eigenvalue weighted by molar-refractivity contribution is 0.232. The minimum Gasteiger partial charge on any atom is -0.353 e. The maximum absolute atomic E-state index is 12.0. The number of carbonyl (C=O) groups is 1. The minimum atomic E-state index is -0.755. The van der Waals surface area contributed by atoms with E-state index in [4.69, 9.17) is 0 Å². The molecule has 1 aliphatic carbocycles. The van der Waals surface area contributed by atoms with Crippen LogP contribution in [0.25, 0.3) is 0 Å². The van der Waals surface area contributed by atoms with Crippen molar-refractivity contribution in [3.05, 3.63) is 24.0 Å². The first-order valence-electron chi connectivity index (χ1n) is 7.62. The Labute approximate surface area is 128 Å². The van der Waals surface area contributed by atoms with E-state index >= 15 is 0 Å². The first-order valence-corrected chi connectivity index (χ1v) is 9.00. The predicted molar refractivity (Wildman–Crippen MR) is 85.5 cm³/mol. The smallest absolute Gasteiger partial charge is 0.315 e. The van der Waals surface area contributed by atoms with E-state index < -0.39 is 10.8 Å². The molecule has 1 aromatic heterocycles. The van der Waals surface area contributed by atoms with Gasteiger partial charge in [0.15, 0.2) is 0 Å². The van der Waals surface area contributed by atoms with Crippen LogP contribution in [0.4, 0.5) is 4.79 Å². The summed E-state index contributed by atoms with van der Waals surface area (Å²) < 4.78 is 13.9. The van der Waals surface area contributed by atoms with Crippen molar-refractivity contribution in [3.63, 3.8) is 0 Å². The maximum atomic E-state index is 12.0. The van der Waals surface area contributed by atoms with E-state index in [0.717, 1.165) is 31.4 Å². The van der Waals surface area contributed by atoms with E-state index in [9.17, 15) is 9.00 Å². The number of carbonyl (C=O) groups excluding carboxylic acids is 1. The SMILES string of the molecule is CC[S@](=O)[C@H]1CCC[C@@H](NC(=O)NCc2cccn2C)C1. The van der Waals surface area contributed by atoms with Crippen LogP contribution in [0, 0.1) is 0 Å². The zero-order chi connectivity index (χ0) is 15.2. The summed E-state index contributed by atoms with van der Waals surface area (Å²) in [5.74, 6) is 0.705. The molecule has 0 bridgehead atoms. The second-order valence-corrected chi connectivity index (χ2v) is 7.60. The molecule has 1 aliphatic rings. The van der Waals surface area contributed by atoms with Gasteiger partial charge in [-0.1, -0.05) is 13.3 Å². The monoisotopic (exact) mass is 311 g/mol. The Kier molecular flexibility index (Phi) is 5.85. The lowest BCUT2D eigenvalue weighted by Gasteiger charge is -2.29. The molecule has 2 amide bonds. The maximum Gasteiger partial charge on any atom is 0.315 e. The Hall–Kier alpha value is -1.30. The number of aryl methyl sites for hydroxylation is 1. The highest BCUT2D eigenvalue weighted by Crippen LogP contribution is 2.22. The van der Waals surface area contributed by atoms with Crippen LogP contribution in [0.5, 0.6) is 0 Å². The van der Waals surface area contributed by atoms with E-state index in [0.29, 0.717) is 12.3 Å². The number of urea groups is 1. The first kappa shape index (κ1) is 16.1. The highest BCUT2D eigenvalue weighted by molar-refractivity contribution is 7.85. The molecule has 6 heteroatoms. The third-order valence-electron chi connectivity index (χ3n) is 4.10. The van der Waals surface area contributed by atoms with Crippen LogP contribution in [0.3, 0.4) is 0 Å². The van der Waals surface area contributed by atoms with Gasteiger partial charge in [0.25, 0.3) is 0 Å². The van der Waals surface area contributed by atoms with Gasteiger partial charge >= 0.3 is 6.03 Å². The topological polar surface area (TPSA) is 63.1 Å². The van der Waals surface area contributed by atoms with E-state index in [1.165, 1.54) is 0 Å². The summed E-state index contributed by atoms with van der Waals surface area (Å²) in [5.41, 5.74) is 1.07. The molecule has 0 aromatic carbocycles. The summed E-state index contributed by atoms with van der Waals surface area (Å²) in [6.07, 6.45) is 5.83. The number of hydrogen-bond acceptors (Lipinski definition) is 2. The third-order valence-corrected chi connectivity index (χ3v) is 5.84. The molecular formula is C15H25N3O2S. The summed E-state index contributed by atoms with van der Waals surface area (Å²) in [7, 11) is 1.20. The highest BCUT2D eigenvalue weighted by Gasteiger charge is 2.26. The van der Waals surface area contributed by atoms with Crippen molar-refractivity contribution in [1.29, 1.82) is 0 Å². The Balaban J connectivity index is 1.77. The van der Waals surface area contributed by atoms with Gasteiger partial charge in [0, 0.05) is 46.8 Å². The molecule has 1 saturated carbocycles. The lowest BCUT2D eigenvalue weighted by Crippen LogP contribution is -2.45. The fourth-order valence-corrected chi connectivity index (χ4v) is 4.19. The normalized spacial score (nSPS) is 23.5. The van der Waals surface area contributed by atoms with Gasteiger partial charge in [0.2, 0.25) is 0 Å². The minimum absolute atomic E-state index is 0.135. The van der Waals surface area contributed by atoms with E-state index in [-0.39, 0.29) is 17.3 Å². The van der Waals surface area contributed by atoms with Gasteiger partial charge in [-0.2, -0.15) is 0 Å². The van der Waals surface area contributed by atoms with Crippen molar-refractivity contribution >= 4 is 16.8 Å². The van der Waals surface area contributed by atoms with Crippen molar-refractivity contribution < 1.29 is 9.00 Å². The molecule has 1 fully saturated rings. The van der Waals surface area contributed by atoms with E-state index in [1.54, 1.807) is 0 Å². The molecule has 2 rings (SSSR count). The molecule has 2 N–H and O–H groups in total. The summed E-state index contributed by atoms with van der Waals surface area (Å²) in [6, 6.07) is 3.96. The van der Waals surface area contributed by atoms with Crippen molar-refractivity contribution in [3.8, 4) is 0 Å². The van der Waals surface area contributed by atoms with Crippen LogP contribution in [-0.2, 0) is 24.4 Å². The molecule has 0 radical (unpaired) electrons. The molecule has 3 atom stereocenters. The fourth-order valence-electron chi connectivity index (χ4n) is 2.84. The zero-order valence-corrected chi connectivity index (χ0v) is 13.6. The van der Waals surface area contributed by atoms with Gasteiger partial charge in [-0.25, -0.2) is 4.79 Å². The number of nitrogens with zero attached hydrogens (tertiary/aromatic N) is 1. The molecule has 0 aliphatic heterocycles. The Morgan fingerprint density at radius 2 is 2.29 bits per heavy atom. The summed E-state index contributed by atoms with van der Waals surface area (Å²) in [6.45, 7) is 2.48. The molecule has 0 unspecified atom stereocenters. The summed E-state index contributed by atoms with van der Waals surface area (Å²) >= 11 is 0. The van der Waals surface area contributed by atoms with Crippen LogP contribution in [0.2, 0.25) is 0 Å². The van der Waals surface area contributed by atoms with Gasteiger partial charge in [-0.15, -0.1) is 0 Å². The second kappa shape index (κ2) is 7.64. The molecule has 1 aromatic rings. The van der Waals surface area contributed by atoms with Crippen LogP contribution in [0.1, 0.15) is 38.3 Å². The number of rotatable bonds is 5. The van der Waals surface area contributed by atoms with Crippen LogP contribution < -0.4 is 10.6 Å². The largest absolute Gasteiger partial charge is 0.353 e. The zero-order valence-electron chi connectivity index (χ0n) is 12.8. The van der Waals surface area contributed by atoms with Gasteiger partial charge in [-0.05, 0) is 31.4 Å². The summed E-state index contributed by atoms with van der Waals surface area (Å²) in [5, 5.41) is 6.14. The number of aromatic nitrogens is 1. The van der Waals surface area contributed by atoms with Crippen molar-refractivity contribution in [1.82, 2.24) is 15.2 Å². The van der Waals surface area contributed by atoms with Crippen molar-refractivity contribution in [2.24, 2.45) is 7.05 Å². The van der Waals surface area contributed by atoms with Gasteiger partial charge < -0.3 is 15.2 Å². The third kappa shape index (κ3) is 4.59. The number of hydrogen-bond donors (Lipinski definition) is 2. The van der Waals surface area contributed by atoms with Crippen LogP contribution in [0.15, 0.2) is 18.3 Å². The second-order valence-electron chi connectivity index (χ2n) is 5.59. The van der Waals surface area contributed by atoms with Gasteiger partial charge in [0.1, 0.15) is 0 Å². The van der Waals surface area contributed by atoms with Crippen molar-refractivity contribution in [2.45, 2.75) is 50.4 Å². The number of nitrogens with one attached hydrogen (secondary N) is 2. The number of amides is 2. The quantitative estimate of drug-likeness (QED) is 0.872. The molecule has 21 heavy (non-hydrogen) atoms. The molecule has 1 heterocycles. The Morgan fingerprint density at radius 1 is 1.48 bits per heavy atom. The van der Waals surface area contributed by atoms with E-state index in [1.807, 2.05) is 36.9 Å². The van der Waals surface area contributed by atoms with Gasteiger partial charge in [0.05, 0.1) is 6.54 Å². The molecule has 0 spiro atoms. The first-order chi connectivity index (χ1) is 10.1. The average Bonchev–Trinajstić information content (AvgIpc) is 2.90. The van der Waals surface area contributed by atoms with Crippen LogP contribution >= 0.6 is 0 Å². The lowest BCUT2D eigenvalue weighted by atomic mass is 9.95. The Morgan fingerprint density at radius 3 is 2.95 bits per heavy atom. The van der Waals surface area contributed by atoms with Crippen molar-refractivity contribution in [2.75, 3.05) is 5.75 Å². The molecule has 0 saturated heterocycles. The van der Waals surface area contributed by atoms with Crippen LogP contribution in [-0.4, -0.2) is 31.9 Å². The van der Waals surface area contributed by atoms with Gasteiger partial charge in [-0.3, -0.25) is 4.21 Å². The summed E-state index contributed by atoms with van der Waals surface area (Å²) in [4.78, 5) is 12.0. The highest BCUT2D eigenvalue weighted by atomic mass is 32.2. The predicted octanol–water partition coefficient (Wildman–Crippen LogP) is 1.90. The molecule has 118 valence electrons. The standard InChI is InChI=1S/C15H25N3O2S/c1-3-21(20)14-8-4-6-12(10-14)17-15(19)16-11-13-7-5-9-18(13)2/h5,7,9,12,14H,3-4,6,8,10-11H2,1-2H3,(H2,16,17,19)/t12-,14+,21+/m1/s1. The Bertz CT molecular complexity index is 501. The van der Waals surface area contributed by atoms with E-state index in [2.05, 4.69) is 10.6 Å². The fraction of sp³-hybridized carbons (Fsp3) is 0.667. The molecular weight excluding hydrogens is 286 g/mol. The average molecular weight is 311 g/mol. The molecule has 5 nitrogen and oxygen atoms in total.